The standard InChI is InChI=1S/C16H21N3O2S/c1-10(2)14-9-15(19-18-14)17-16(20)12-5-7-13(8-6-12)22(21)11(3)4/h5-11H,1-4H3,(H2,17,18,19,20)/t22-/m1/s1. The van der Waals surface area contributed by atoms with Crippen LogP contribution in [0.5, 0.6) is 0 Å². The lowest BCUT2D eigenvalue weighted by atomic mass is 10.1. The molecule has 0 saturated heterocycles. The fraction of sp³-hybridized carbons (Fsp3) is 0.375. The normalized spacial score (nSPS) is 12.6. The van der Waals surface area contributed by atoms with Gasteiger partial charge in [0, 0.05) is 27.5 Å². The number of amides is 1. The highest BCUT2D eigenvalue weighted by molar-refractivity contribution is 7.85. The summed E-state index contributed by atoms with van der Waals surface area (Å²) < 4.78 is 12.0. The summed E-state index contributed by atoms with van der Waals surface area (Å²) in [7, 11) is -1.05. The minimum atomic E-state index is -1.05. The summed E-state index contributed by atoms with van der Waals surface area (Å²) in [6, 6.07) is 8.65. The molecular weight excluding hydrogens is 298 g/mol. The number of carbonyl (C=O) groups is 1. The zero-order valence-electron chi connectivity index (χ0n) is 13.2. The summed E-state index contributed by atoms with van der Waals surface area (Å²) in [5, 5.41) is 9.76. The Balaban J connectivity index is 2.07. The predicted octanol–water partition coefficient (Wildman–Crippen LogP) is 3.30. The van der Waals surface area contributed by atoms with Gasteiger partial charge < -0.3 is 5.32 Å². The third-order valence-electron chi connectivity index (χ3n) is 3.24. The van der Waals surface area contributed by atoms with Crippen LogP contribution in [0.1, 0.15) is 49.7 Å². The highest BCUT2D eigenvalue weighted by Gasteiger charge is 2.12. The van der Waals surface area contributed by atoms with E-state index in [4.69, 9.17) is 0 Å². The molecule has 0 aliphatic carbocycles. The van der Waals surface area contributed by atoms with Crippen molar-refractivity contribution in [3.63, 3.8) is 0 Å². The van der Waals surface area contributed by atoms with Crippen LogP contribution in [0, 0.1) is 0 Å². The van der Waals surface area contributed by atoms with E-state index in [1.165, 1.54) is 0 Å². The molecule has 22 heavy (non-hydrogen) atoms. The number of nitrogens with zero attached hydrogens (tertiary/aromatic N) is 1. The molecule has 0 radical (unpaired) electrons. The number of hydrogen-bond acceptors (Lipinski definition) is 3. The van der Waals surface area contributed by atoms with Gasteiger partial charge >= 0.3 is 0 Å². The summed E-state index contributed by atoms with van der Waals surface area (Å²) >= 11 is 0. The van der Waals surface area contributed by atoms with Gasteiger partial charge in [0.1, 0.15) is 0 Å². The zero-order chi connectivity index (χ0) is 16.3. The highest BCUT2D eigenvalue weighted by atomic mass is 32.2. The van der Waals surface area contributed by atoms with Crippen LogP contribution >= 0.6 is 0 Å². The number of aromatic amines is 1. The van der Waals surface area contributed by atoms with E-state index in [1.807, 2.05) is 33.8 Å². The quantitative estimate of drug-likeness (QED) is 0.888. The average molecular weight is 319 g/mol. The first-order chi connectivity index (χ1) is 10.4. The first-order valence-corrected chi connectivity index (χ1v) is 8.47. The van der Waals surface area contributed by atoms with Crippen molar-refractivity contribution in [1.82, 2.24) is 10.2 Å². The second kappa shape index (κ2) is 6.87. The Kier molecular flexibility index (Phi) is 5.13. The van der Waals surface area contributed by atoms with Crippen molar-refractivity contribution in [2.45, 2.75) is 43.8 Å². The minimum absolute atomic E-state index is 0.0539. The largest absolute Gasteiger partial charge is 0.305 e. The molecule has 2 rings (SSSR count). The summed E-state index contributed by atoms with van der Waals surface area (Å²) in [4.78, 5) is 12.9. The number of rotatable bonds is 5. The van der Waals surface area contributed by atoms with E-state index in [1.54, 1.807) is 24.3 Å². The molecule has 1 atom stereocenters. The van der Waals surface area contributed by atoms with Crippen LogP contribution in [0.15, 0.2) is 35.2 Å². The maximum Gasteiger partial charge on any atom is 0.256 e. The summed E-state index contributed by atoms with van der Waals surface area (Å²) in [6.45, 7) is 7.90. The van der Waals surface area contributed by atoms with Gasteiger partial charge in [0.2, 0.25) is 0 Å². The van der Waals surface area contributed by atoms with Gasteiger partial charge in [-0.05, 0) is 30.2 Å². The van der Waals surface area contributed by atoms with Crippen LogP contribution in [0.2, 0.25) is 0 Å². The summed E-state index contributed by atoms with van der Waals surface area (Å²) in [5.74, 6) is 0.593. The van der Waals surface area contributed by atoms with Gasteiger partial charge in [-0.1, -0.05) is 27.7 Å². The van der Waals surface area contributed by atoms with E-state index in [2.05, 4.69) is 15.5 Å². The molecule has 2 N–H and O–H groups in total. The summed E-state index contributed by atoms with van der Waals surface area (Å²) in [6.07, 6.45) is 0. The smallest absolute Gasteiger partial charge is 0.256 e. The van der Waals surface area contributed by atoms with E-state index in [9.17, 15) is 9.00 Å². The van der Waals surface area contributed by atoms with Gasteiger partial charge in [0.15, 0.2) is 5.82 Å². The number of aromatic nitrogens is 2. The second-order valence-corrected chi connectivity index (χ2v) is 7.70. The van der Waals surface area contributed by atoms with Crippen LogP contribution in [0.4, 0.5) is 5.82 Å². The molecule has 5 nitrogen and oxygen atoms in total. The van der Waals surface area contributed by atoms with Crippen molar-refractivity contribution in [2.24, 2.45) is 0 Å². The zero-order valence-corrected chi connectivity index (χ0v) is 14.0. The number of nitrogens with one attached hydrogen (secondary N) is 2. The molecule has 118 valence electrons. The van der Waals surface area contributed by atoms with Gasteiger partial charge in [-0.3, -0.25) is 14.1 Å². The fourth-order valence-electron chi connectivity index (χ4n) is 1.90. The van der Waals surface area contributed by atoms with Crippen molar-refractivity contribution >= 4 is 22.5 Å². The molecule has 0 saturated carbocycles. The van der Waals surface area contributed by atoms with E-state index in [0.717, 1.165) is 10.6 Å². The second-order valence-electron chi connectivity index (χ2n) is 5.69. The summed E-state index contributed by atoms with van der Waals surface area (Å²) in [5.41, 5.74) is 1.48. The van der Waals surface area contributed by atoms with E-state index in [-0.39, 0.29) is 11.2 Å². The number of carbonyl (C=O) groups excluding carboxylic acids is 1. The van der Waals surface area contributed by atoms with Gasteiger partial charge in [-0.25, -0.2) is 0 Å². The lowest BCUT2D eigenvalue weighted by molar-refractivity contribution is 0.102. The van der Waals surface area contributed by atoms with Crippen molar-refractivity contribution in [1.29, 1.82) is 0 Å². The van der Waals surface area contributed by atoms with Crippen LogP contribution < -0.4 is 5.32 Å². The molecule has 1 amide bonds. The van der Waals surface area contributed by atoms with Gasteiger partial charge in [-0.2, -0.15) is 5.10 Å². The minimum Gasteiger partial charge on any atom is -0.305 e. The molecule has 2 aromatic rings. The van der Waals surface area contributed by atoms with Crippen LogP contribution in [-0.4, -0.2) is 25.6 Å². The van der Waals surface area contributed by atoms with Gasteiger partial charge in [0.05, 0.1) is 10.8 Å². The first kappa shape index (κ1) is 16.4. The van der Waals surface area contributed by atoms with Crippen molar-refractivity contribution in [3.05, 3.63) is 41.6 Å². The Morgan fingerprint density at radius 1 is 1.18 bits per heavy atom. The Morgan fingerprint density at radius 3 is 2.32 bits per heavy atom. The average Bonchev–Trinajstić information content (AvgIpc) is 2.95. The topological polar surface area (TPSA) is 74.8 Å². The number of hydrogen-bond donors (Lipinski definition) is 2. The lowest BCUT2D eigenvalue weighted by Gasteiger charge is -2.06. The van der Waals surface area contributed by atoms with E-state index in [0.29, 0.717) is 17.3 Å². The molecule has 1 aromatic heterocycles. The Labute approximate surface area is 133 Å². The molecular formula is C16H21N3O2S. The Morgan fingerprint density at radius 2 is 1.82 bits per heavy atom. The molecule has 0 aliphatic rings. The Bertz CT molecular complexity index is 675. The molecule has 1 heterocycles. The monoisotopic (exact) mass is 319 g/mol. The highest BCUT2D eigenvalue weighted by Crippen LogP contribution is 2.16. The molecule has 0 spiro atoms. The predicted molar refractivity (Wildman–Crippen MR) is 88.6 cm³/mol. The molecule has 6 heteroatoms. The first-order valence-electron chi connectivity index (χ1n) is 7.25. The molecule has 0 aliphatic heterocycles. The van der Waals surface area contributed by atoms with E-state index < -0.39 is 10.8 Å². The number of H-pyrrole nitrogens is 1. The van der Waals surface area contributed by atoms with Crippen LogP contribution in [0.3, 0.4) is 0 Å². The molecule has 1 aromatic carbocycles. The Hall–Kier alpha value is -1.95. The van der Waals surface area contributed by atoms with Gasteiger partial charge in [-0.15, -0.1) is 0 Å². The lowest BCUT2D eigenvalue weighted by Crippen LogP contribution is -2.12. The van der Waals surface area contributed by atoms with E-state index >= 15 is 0 Å². The molecule has 0 bridgehead atoms. The van der Waals surface area contributed by atoms with Crippen LogP contribution in [0.25, 0.3) is 0 Å². The SMILES string of the molecule is CC(C)c1cc(NC(=O)c2ccc([S@](=O)C(C)C)cc2)n[nH]1. The van der Waals surface area contributed by atoms with Crippen molar-refractivity contribution in [3.8, 4) is 0 Å². The molecule has 0 fully saturated rings. The third-order valence-corrected chi connectivity index (χ3v) is 4.83. The number of anilines is 1. The maximum absolute atomic E-state index is 12.2. The van der Waals surface area contributed by atoms with Crippen molar-refractivity contribution < 1.29 is 9.00 Å². The third kappa shape index (κ3) is 3.82. The number of benzene rings is 1. The fourth-order valence-corrected chi connectivity index (χ4v) is 2.85. The van der Waals surface area contributed by atoms with Crippen LogP contribution in [-0.2, 0) is 10.8 Å². The molecule has 0 unspecified atom stereocenters. The maximum atomic E-state index is 12.2. The van der Waals surface area contributed by atoms with Gasteiger partial charge in [0.25, 0.3) is 5.91 Å². The van der Waals surface area contributed by atoms with Crippen molar-refractivity contribution in [2.75, 3.05) is 5.32 Å².